The molecule has 0 atom stereocenters. The molecule has 1 aromatic heterocycles. The summed E-state index contributed by atoms with van der Waals surface area (Å²) in [6.07, 6.45) is 3.93. The van der Waals surface area contributed by atoms with Gasteiger partial charge in [-0.2, -0.15) is 0 Å². The summed E-state index contributed by atoms with van der Waals surface area (Å²) in [6.45, 7) is 4.51. The van der Waals surface area contributed by atoms with Gasteiger partial charge in [0.2, 0.25) is 5.91 Å². The Bertz CT molecular complexity index is 1110. The number of esters is 1. The molecular weight excluding hydrogens is 429 g/mol. The van der Waals surface area contributed by atoms with Gasteiger partial charge in [-0.1, -0.05) is 37.3 Å². The number of hydrogen-bond donors (Lipinski definition) is 1. The molecule has 1 N–H and O–H groups in total. The van der Waals surface area contributed by atoms with Crippen molar-refractivity contribution in [3.63, 3.8) is 0 Å². The fourth-order valence-corrected chi connectivity index (χ4v) is 3.94. The fourth-order valence-electron chi connectivity index (χ4n) is 2.98. The zero-order chi connectivity index (χ0) is 22.9. The molecule has 0 aliphatic carbocycles. The third kappa shape index (κ3) is 5.82. The van der Waals surface area contributed by atoms with Gasteiger partial charge in [0, 0.05) is 22.6 Å². The van der Waals surface area contributed by atoms with Crippen LogP contribution in [0.2, 0.25) is 0 Å². The number of halogens is 1. The van der Waals surface area contributed by atoms with E-state index in [1.54, 1.807) is 30.5 Å². The highest BCUT2D eigenvalue weighted by Crippen LogP contribution is 2.36. The van der Waals surface area contributed by atoms with Crippen molar-refractivity contribution in [1.29, 1.82) is 0 Å². The lowest BCUT2D eigenvalue weighted by Gasteiger charge is -2.09. The van der Waals surface area contributed by atoms with Gasteiger partial charge in [0.15, 0.2) is 0 Å². The lowest BCUT2D eigenvalue weighted by Crippen LogP contribution is -2.12. The van der Waals surface area contributed by atoms with Crippen molar-refractivity contribution < 1.29 is 23.5 Å². The average Bonchev–Trinajstić information content (AvgIpc) is 3.21. The predicted octanol–water partition coefficient (Wildman–Crippen LogP) is 6.17. The third-order valence-corrected chi connectivity index (χ3v) is 5.35. The quantitative estimate of drug-likeness (QED) is 0.311. The molecule has 3 aromatic rings. The SMILES string of the molecule is CCCOc1ccccc1C=CC(=O)Nc1scc(-c2ccc(F)cc2)c1C(=O)OCC. The number of rotatable bonds is 9. The van der Waals surface area contributed by atoms with Crippen LogP contribution in [0.5, 0.6) is 5.75 Å². The maximum atomic E-state index is 13.3. The van der Waals surface area contributed by atoms with Gasteiger partial charge in [0.25, 0.3) is 0 Å². The van der Waals surface area contributed by atoms with Gasteiger partial charge >= 0.3 is 5.97 Å². The van der Waals surface area contributed by atoms with Crippen molar-refractivity contribution in [3.05, 3.63) is 76.9 Å². The average molecular weight is 454 g/mol. The zero-order valence-electron chi connectivity index (χ0n) is 17.9. The van der Waals surface area contributed by atoms with Crippen LogP contribution in [0.25, 0.3) is 17.2 Å². The lowest BCUT2D eigenvalue weighted by molar-refractivity contribution is -0.111. The first-order chi connectivity index (χ1) is 15.5. The molecule has 0 fully saturated rings. The maximum absolute atomic E-state index is 13.3. The molecule has 32 heavy (non-hydrogen) atoms. The molecule has 3 rings (SSSR count). The molecule has 1 heterocycles. The Labute approximate surface area is 190 Å². The smallest absolute Gasteiger partial charge is 0.341 e. The van der Waals surface area contributed by atoms with Crippen LogP contribution in [-0.4, -0.2) is 25.1 Å². The minimum Gasteiger partial charge on any atom is -0.493 e. The van der Waals surface area contributed by atoms with Gasteiger partial charge in [-0.05, 0) is 43.2 Å². The summed E-state index contributed by atoms with van der Waals surface area (Å²) in [5.41, 5.74) is 2.26. The Morgan fingerprint density at radius 3 is 2.56 bits per heavy atom. The van der Waals surface area contributed by atoms with Crippen LogP contribution < -0.4 is 10.1 Å². The van der Waals surface area contributed by atoms with E-state index in [4.69, 9.17) is 9.47 Å². The fraction of sp³-hybridized carbons (Fsp3) is 0.200. The lowest BCUT2D eigenvalue weighted by atomic mass is 10.0. The number of nitrogens with one attached hydrogen (secondary N) is 1. The molecule has 0 saturated carbocycles. The van der Waals surface area contributed by atoms with Crippen LogP contribution in [0, 0.1) is 5.82 Å². The summed E-state index contributed by atoms with van der Waals surface area (Å²) < 4.78 is 24.2. The van der Waals surface area contributed by atoms with E-state index < -0.39 is 11.9 Å². The minimum absolute atomic E-state index is 0.194. The van der Waals surface area contributed by atoms with Crippen LogP contribution >= 0.6 is 11.3 Å². The van der Waals surface area contributed by atoms with Gasteiger partial charge in [-0.15, -0.1) is 11.3 Å². The summed E-state index contributed by atoms with van der Waals surface area (Å²) in [6, 6.07) is 13.2. The van der Waals surface area contributed by atoms with Crippen LogP contribution in [0.1, 0.15) is 36.2 Å². The van der Waals surface area contributed by atoms with E-state index in [0.29, 0.717) is 28.5 Å². The molecule has 0 unspecified atom stereocenters. The van der Waals surface area contributed by atoms with Gasteiger partial charge in [0.05, 0.1) is 13.2 Å². The molecule has 0 aliphatic heterocycles. The monoisotopic (exact) mass is 453 g/mol. The standard InChI is InChI=1S/C25H24FNO4S/c1-3-15-31-21-8-6-5-7-18(21)11-14-22(28)27-24-23(25(29)30-4-2)20(16-32-24)17-9-12-19(26)13-10-17/h5-14,16H,3-4,15H2,1-2H3,(H,27,28). The second-order valence-electron chi connectivity index (χ2n) is 6.79. The first-order valence-corrected chi connectivity index (χ1v) is 11.2. The van der Waals surface area contributed by atoms with E-state index in [0.717, 1.165) is 12.0 Å². The van der Waals surface area contributed by atoms with Crippen molar-refractivity contribution in [3.8, 4) is 16.9 Å². The van der Waals surface area contributed by atoms with Crippen LogP contribution in [0.15, 0.2) is 60.0 Å². The van der Waals surface area contributed by atoms with Crippen LogP contribution in [0.4, 0.5) is 9.39 Å². The Morgan fingerprint density at radius 2 is 1.84 bits per heavy atom. The van der Waals surface area contributed by atoms with Crippen molar-refractivity contribution in [2.24, 2.45) is 0 Å². The number of carbonyl (C=O) groups excluding carboxylic acids is 2. The van der Waals surface area contributed by atoms with Crippen LogP contribution in [-0.2, 0) is 9.53 Å². The molecule has 166 valence electrons. The van der Waals surface area contributed by atoms with Gasteiger partial charge < -0.3 is 14.8 Å². The third-order valence-electron chi connectivity index (χ3n) is 4.46. The first-order valence-electron chi connectivity index (χ1n) is 10.3. The summed E-state index contributed by atoms with van der Waals surface area (Å²) in [4.78, 5) is 25.2. The molecule has 7 heteroatoms. The first kappa shape index (κ1) is 23.2. The zero-order valence-corrected chi connectivity index (χ0v) is 18.7. The number of para-hydroxylation sites is 1. The summed E-state index contributed by atoms with van der Waals surface area (Å²) in [5.74, 6) is -0.622. The Hall–Kier alpha value is -3.45. The van der Waals surface area contributed by atoms with E-state index in [1.807, 2.05) is 31.2 Å². The van der Waals surface area contributed by atoms with Crippen LogP contribution in [0.3, 0.4) is 0 Å². The highest BCUT2D eigenvalue weighted by Gasteiger charge is 2.22. The van der Waals surface area contributed by atoms with Crippen molar-refractivity contribution >= 4 is 34.3 Å². The van der Waals surface area contributed by atoms with E-state index in [1.165, 1.54) is 29.5 Å². The molecule has 0 bridgehead atoms. The minimum atomic E-state index is -0.550. The maximum Gasteiger partial charge on any atom is 0.341 e. The molecule has 0 spiro atoms. The number of carbonyl (C=O) groups is 2. The molecule has 2 aromatic carbocycles. The number of amides is 1. The molecule has 1 amide bonds. The summed E-state index contributed by atoms with van der Waals surface area (Å²) in [5, 5.41) is 4.87. The number of ether oxygens (including phenoxy) is 2. The normalized spacial score (nSPS) is 10.8. The van der Waals surface area contributed by atoms with E-state index >= 15 is 0 Å². The number of benzene rings is 2. The number of anilines is 1. The van der Waals surface area contributed by atoms with Gasteiger partial charge in [-0.3, -0.25) is 4.79 Å². The molecular formula is C25H24FNO4S. The summed E-state index contributed by atoms with van der Waals surface area (Å²) >= 11 is 1.21. The Morgan fingerprint density at radius 1 is 1.09 bits per heavy atom. The van der Waals surface area contributed by atoms with Crippen molar-refractivity contribution in [2.45, 2.75) is 20.3 Å². The Balaban J connectivity index is 1.84. The molecule has 0 aliphatic rings. The largest absolute Gasteiger partial charge is 0.493 e. The van der Waals surface area contributed by atoms with E-state index in [-0.39, 0.29) is 18.0 Å². The second kappa shape index (κ2) is 11.2. The van der Waals surface area contributed by atoms with Crippen molar-refractivity contribution in [2.75, 3.05) is 18.5 Å². The highest BCUT2D eigenvalue weighted by molar-refractivity contribution is 7.15. The number of thiophene rings is 1. The summed E-state index contributed by atoms with van der Waals surface area (Å²) in [7, 11) is 0. The van der Waals surface area contributed by atoms with Crippen molar-refractivity contribution in [1.82, 2.24) is 0 Å². The molecule has 0 saturated heterocycles. The molecule has 0 radical (unpaired) electrons. The van der Waals surface area contributed by atoms with Gasteiger partial charge in [0.1, 0.15) is 22.1 Å². The number of hydrogen-bond acceptors (Lipinski definition) is 5. The predicted molar refractivity (Wildman–Crippen MR) is 126 cm³/mol. The van der Waals surface area contributed by atoms with Gasteiger partial charge in [-0.25, -0.2) is 9.18 Å². The van der Waals surface area contributed by atoms with E-state index in [9.17, 15) is 14.0 Å². The molecule has 5 nitrogen and oxygen atoms in total. The Kier molecular flexibility index (Phi) is 8.16. The topological polar surface area (TPSA) is 64.6 Å². The van der Waals surface area contributed by atoms with E-state index in [2.05, 4.69) is 5.32 Å². The highest BCUT2D eigenvalue weighted by atomic mass is 32.1. The second-order valence-corrected chi connectivity index (χ2v) is 7.67.